The van der Waals surface area contributed by atoms with E-state index >= 15 is 0 Å². The van der Waals surface area contributed by atoms with Crippen LogP contribution in [0.4, 0.5) is 0 Å². The maximum atomic E-state index is 12.5. The van der Waals surface area contributed by atoms with Crippen molar-refractivity contribution in [2.75, 3.05) is 13.1 Å². The molecule has 1 amide bonds. The number of fused-ring (bicyclic) bond motifs is 1. The van der Waals surface area contributed by atoms with Gasteiger partial charge in [-0.3, -0.25) is 4.79 Å². The number of benzene rings is 1. The van der Waals surface area contributed by atoms with Gasteiger partial charge in [-0.25, -0.2) is 4.98 Å². The van der Waals surface area contributed by atoms with E-state index in [-0.39, 0.29) is 12.5 Å². The van der Waals surface area contributed by atoms with Crippen LogP contribution in [-0.4, -0.2) is 38.4 Å². The van der Waals surface area contributed by atoms with E-state index in [1.165, 1.54) is 0 Å². The molecule has 5 nitrogen and oxygen atoms in total. The number of amides is 1. The third-order valence-corrected chi connectivity index (χ3v) is 4.51. The summed E-state index contributed by atoms with van der Waals surface area (Å²) >= 11 is 0. The number of likely N-dealkylation sites (tertiary alicyclic amines) is 1. The number of carbonyl (C=O) groups is 1. The van der Waals surface area contributed by atoms with Crippen molar-refractivity contribution in [3.63, 3.8) is 0 Å². The first kappa shape index (κ1) is 14.9. The van der Waals surface area contributed by atoms with E-state index in [4.69, 9.17) is 0 Å². The van der Waals surface area contributed by atoms with Crippen LogP contribution in [0.1, 0.15) is 28.9 Å². The SMILES string of the molecule is O=C(c1cn2cc(-c3cccc(CO)c3)ccc2n1)N1CCCC1. The molecule has 0 radical (unpaired) electrons. The molecule has 5 heteroatoms. The second kappa shape index (κ2) is 6.09. The Labute approximate surface area is 140 Å². The van der Waals surface area contributed by atoms with Gasteiger partial charge >= 0.3 is 0 Å². The van der Waals surface area contributed by atoms with Gasteiger partial charge < -0.3 is 14.4 Å². The molecule has 1 aliphatic rings. The van der Waals surface area contributed by atoms with Crippen LogP contribution < -0.4 is 0 Å². The predicted octanol–water partition coefficient (Wildman–Crippen LogP) is 2.73. The highest BCUT2D eigenvalue weighted by atomic mass is 16.3. The van der Waals surface area contributed by atoms with Crippen molar-refractivity contribution in [3.8, 4) is 11.1 Å². The predicted molar refractivity (Wildman–Crippen MR) is 91.7 cm³/mol. The zero-order valence-corrected chi connectivity index (χ0v) is 13.4. The first-order valence-electron chi connectivity index (χ1n) is 8.23. The minimum atomic E-state index is 0.0139. The number of imidazole rings is 1. The van der Waals surface area contributed by atoms with Gasteiger partial charge in [-0.05, 0) is 47.7 Å². The van der Waals surface area contributed by atoms with Crippen LogP contribution in [-0.2, 0) is 6.61 Å². The summed E-state index contributed by atoms with van der Waals surface area (Å²) in [5, 5.41) is 9.29. The van der Waals surface area contributed by atoms with Crippen molar-refractivity contribution in [1.29, 1.82) is 0 Å². The van der Waals surface area contributed by atoms with Gasteiger partial charge in [0.25, 0.3) is 5.91 Å². The molecular weight excluding hydrogens is 302 g/mol. The summed E-state index contributed by atoms with van der Waals surface area (Å²) in [6.07, 6.45) is 5.92. The molecule has 1 fully saturated rings. The second-order valence-electron chi connectivity index (χ2n) is 6.17. The summed E-state index contributed by atoms with van der Waals surface area (Å²) < 4.78 is 1.89. The summed E-state index contributed by atoms with van der Waals surface area (Å²) in [4.78, 5) is 18.8. The minimum absolute atomic E-state index is 0.0139. The Morgan fingerprint density at radius 1 is 1.08 bits per heavy atom. The lowest BCUT2D eigenvalue weighted by atomic mass is 10.1. The van der Waals surface area contributed by atoms with Crippen molar-refractivity contribution < 1.29 is 9.90 Å². The zero-order valence-electron chi connectivity index (χ0n) is 13.4. The Balaban J connectivity index is 1.69. The molecule has 0 atom stereocenters. The maximum Gasteiger partial charge on any atom is 0.274 e. The Hall–Kier alpha value is -2.66. The highest BCUT2D eigenvalue weighted by Gasteiger charge is 2.21. The van der Waals surface area contributed by atoms with E-state index in [9.17, 15) is 9.90 Å². The minimum Gasteiger partial charge on any atom is -0.392 e. The van der Waals surface area contributed by atoms with Gasteiger partial charge in [0.05, 0.1) is 6.61 Å². The van der Waals surface area contributed by atoms with Crippen molar-refractivity contribution in [3.05, 3.63) is 60.0 Å². The molecule has 0 spiro atoms. The molecule has 122 valence electrons. The highest BCUT2D eigenvalue weighted by Crippen LogP contribution is 2.22. The van der Waals surface area contributed by atoms with Crippen LogP contribution in [0.25, 0.3) is 16.8 Å². The average Bonchev–Trinajstić information content (AvgIpc) is 3.30. The number of nitrogens with zero attached hydrogens (tertiary/aromatic N) is 3. The van der Waals surface area contributed by atoms with E-state index in [2.05, 4.69) is 4.98 Å². The van der Waals surface area contributed by atoms with Crippen LogP contribution in [0.2, 0.25) is 0 Å². The number of aliphatic hydroxyl groups excluding tert-OH is 1. The fourth-order valence-electron chi connectivity index (χ4n) is 3.20. The maximum absolute atomic E-state index is 12.5. The molecule has 4 rings (SSSR count). The topological polar surface area (TPSA) is 57.8 Å². The van der Waals surface area contributed by atoms with Gasteiger partial charge in [0, 0.05) is 25.5 Å². The third kappa shape index (κ3) is 2.67. The van der Waals surface area contributed by atoms with E-state index < -0.39 is 0 Å². The molecule has 1 aromatic carbocycles. The van der Waals surface area contributed by atoms with Gasteiger partial charge in [-0.15, -0.1) is 0 Å². The number of carbonyl (C=O) groups excluding carboxylic acids is 1. The van der Waals surface area contributed by atoms with E-state index in [0.29, 0.717) is 5.69 Å². The van der Waals surface area contributed by atoms with E-state index in [0.717, 1.165) is 48.3 Å². The van der Waals surface area contributed by atoms with Crippen molar-refractivity contribution in [2.24, 2.45) is 0 Å². The molecule has 1 N–H and O–H groups in total. The fraction of sp³-hybridized carbons (Fsp3) is 0.263. The zero-order chi connectivity index (χ0) is 16.5. The first-order valence-corrected chi connectivity index (χ1v) is 8.23. The van der Waals surface area contributed by atoms with E-state index in [1.807, 2.05) is 51.9 Å². The lowest BCUT2D eigenvalue weighted by Gasteiger charge is -2.12. The number of hydrogen-bond acceptors (Lipinski definition) is 3. The summed E-state index contributed by atoms with van der Waals surface area (Å²) in [6.45, 7) is 1.67. The van der Waals surface area contributed by atoms with Gasteiger partial charge in [0.15, 0.2) is 0 Å². The van der Waals surface area contributed by atoms with Crippen LogP contribution in [0.3, 0.4) is 0 Å². The third-order valence-electron chi connectivity index (χ3n) is 4.51. The van der Waals surface area contributed by atoms with Gasteiger partial charge in [-0.1, -0.05) is 18.2 Å². The van der Waals surface area contributed by atoms with Crippen molar-refractivity contribution in [2.45, 2.75) is 19.4 Å². The molecular formula is C19H19N3O2. The summed E-state index contributed by atoms with van der Waals surface area (Å²) in [5.74, 6) is 0.0139. The molecule has 0 bridgehead atoms. The number of aliphatic hydroxyl groups is 1. The monoisotopic (exact) mass is 321 g/mol. The lowest BCUT2D eigenvalue weighted by Crippen LogP contribution is -2.27. The molecule has 0 aliphatic carbocycles. The largest absolute Gasteiger partial charge is 0.392 e. The van der Waals surface area contributed by atoms with Crippen LogP contribution in [0, 0.1) is 0 Å². The molecule has 3 heterocycles. The van der Waals surface area contributed by atoms with Crippen LogP contribution in [0.5, 0.6) is 0 Å². The molecule has 1 aliphatic heterocycles. The Morgan fingerprint density at radius 3 is 2.71 bits per heavy atom. The standard InChI is InChI=1S/C19H19N3O2/c23-13-14-4-3-5-15(10-14)16-6-7-18-20-17(12-22(18)11-16)19(24)21-8-1-2-9-21/h3-7,10-12,23H,1-2,8-9,13H2. The van der Waals surface area contributed by atoms with Crippen molar-refractivity contribution >= 4 is 11.6 Å². The van der Waals surface area contributed by atoms with Crippen LogP contribution in [0.15, 0.2) is 48.8 Å². The molecule has 2 aromatic heterocycles. The van der Waals surface area contributed by atoms with Crippen molar-refractivity contribution in [1.82, 2.24) is 14.3 Å². The number of hydrogen-bond donors (Lipinski definition) is 1. The Morgan fingerprint density at radius 2 is 1.92 bits per heavy atom. The normalized spacial score (nSPS) is 14.5. The molecule has 0 unspecified atom stereocenters. The lowest BCUT2D eigenvalue weighted by molar-refractivity contribution is 0.0787. The molecule has 1 saturated heterocycles. The fourth-order valence-corrected chi connectivity index (χ4v) is 3.20. The Bertz CT molecular complexity index is 895. The summed E-state index contributed by atoms with van der Waals surface area (Å²) in [6, 6.07) is 11.7. The number of rotatable bonds is 3. The van der Waals surface area contributed by atoms with Gasteiger partial charge in [0.1, 0.15) is 11.3 Å². The highest BCUT2D eigenvalue weighted by molar-refractivity contribution is 5.93. The average molecular weight is 321 g/mol. The molecule has 24 heavy (non-hydrogen) atoms. The second-order valence-corrected chi connectivity index (χ2v) is 6.17. The van der Waals surface area contributed by atoms with E-state index in [1.54, 1.807) is 6.20 Å². The summed E-state index contributed by atoms with van der Waals surface area (Å²) in [7, 11) is 0. The Kier molecular flexibility index (Phi) is 3.78. The summed E-state index contributed by atoms with van der Waals surface area (Å²) in [5.41, 5.74) is 4.20. The first-order chi connectivity index (χ1) is 11.7. The molecule has 0 saturated carbocycles. The quantitative estimate of drug-likeness (QED) is 0.807. The van der Waals surface area contributed by atoms with Gasteiger partial charge in [0.2, 0.25) is 0 Å². The number of pyridine rings is 1. The molecule has 3 aromatic rings. The number of aromatic nitrogens is 2. The van der Waals surface area contributed by atoms with Crippen LogP contribution >= 0.6 is 0 Å². The van der Waals surface area contributed by atoms with Gasteiger partial charge in [-0.2, -0.15) is 0 Å². The smallest absolute Gasteiger partial charge is 0.274 e.